The zero-order valence-corrected chi connectivity index (χ0v) is 8.89. The van der Waals surface area contributed by atoms with Gasteiger partial charge in [0.2, 0.25) is 0 Å². The molecular formula is C13H22. The second-order valence-corrected chi connectivity index (χ2v) is 5.75. The maximum atomic E-state index is 2.37. The van der Waals surface area contributed by atoms with Crippen LogP contribution in [0.3, 0.4) is 0 Å². The van der Waals surface area contributed by atoms with Crippen LogP contribution in [0.5, 0.6) is 0 Å². The molecule has 0 N–H and O–H groups in total. The van der Waals surface area contributed by atoms with Crippen molar-refractivity contribution in [1.29, 1.82) is 0 Å². The van der Waals surface area contributed by atoms with E-state index in [0.29, 0.717) is 0 Å². The van der Waals surface area contributed by atoms with E-state index < -0.39 is 0 Å². The zero-order chi connectivity index (χ0) is 8.89. The Morgan fingerprint density at radius 2 is 2.15 bits per heavy atom. The molecule has 0 amide bonds. The minimum absolute atomic E-state index is 0.890. The first-order valence-electron chi connectivity index (χ1n) is 6.37. The molecule has 0 aromatic rings. The van der Waals surface area contributed by atoms with Gasteiger partial charge in [0.05, 0.1) is 0 Å². The first-order valence-corrected chi connectivity index (χ1v) is 6.37. The summed E-state index contributed by atoms with van der Waals surface area (Å²) < 4.78 is 0. The molecule has 74 valence electrons. The minimum atomic E-state index is 0.890. The molecule has 0 heteroatoms. The van der Waals surface area contributed by atoms with Crippen molar-refractivity contribution < 1.29 is 0 Å². The lowest BCUT2D eigenvalue weighted by Crippen LogP contribution is -2.25. The van der Waals surface area contributed by atoms with E-state index in [1.54, 1.807) is 38.5 Å². The van der Waals surface area contributed by atoms with E-state index in [0.717, 1.165) is 11.3 Å². The van der Waals surface area contributed by atoms with Crippen LogP contribution in [0.4, 0.5) is 0 Å². The predicted molar refractivity (Wildman–Crippen MR) is 55.5 cm³/mol. The van der Waals surface area contributed by atoms with Crippen LogP contribution in [-0.2, 0) is 0 Å². The van der Waals surface area contributed by atoms with Gasteiger partial charge in [-0.1, -0.05) is 26.2 Å². The molecule has 3 fully saturated rings. The highest BCUT2D eigenvalue weighted by molar-refractivity contribution is 5.10. The van der Waals surface area contributed by atoms with Crippen LogP contribution < -0.4 is 0 Å². The summed E-state index contributed by atoms with van der Waals surface area (Å²) in [7, 11) is 0. The van der Waals surface area contributed by atoms with Crippen LogP contribution in [0.25, 0.3) is 0 Å². The van der Waals surface area contributed by atoms with E-state index in [1.807, 2.05) is 0 Å². The molecule has 3 unspecified atom stereocenters. The maximum absolute atomic E-state index is 2.37. The van der Waals surface area contributed by atoms with E-state index >= 15 is 0 Å². The quantitative estimate of drug-likeness (QED) is 0.599. The first-order chi connectivity index (χ1) is 6.37. The highest BCUT2D eigenvalue weighted by Crippen LogP contribution is 2.70. The Labute approximate surface area is 82.1 Å². The lowest BCUT2D eigenvalue weighted by Gasteiger charge is -2.33. The molecule has 1 spiro atoms. The van der Waals surface area contributed by atoms with Crippen LogP contribution >= 0.6 is 0 Å². The van der Waals surface area contributed by atoms with E-state index in [4.69, 9.17) is 0 Å². The summed E-state index contributed by atoms with van der Waals surface area (Å²) in [5, 5.41) is 0. The topological polar surface area (TPSA) is 0 Å². The molecule has 0 bridgehead atoms. The third kappa shape index (κ3) is 1.04. The summed E-state index contributed by atoms with van der Waals surface area (Å²) in [6.45, 7) is 2.37. The van der Waals surface area contributed by atoms with Gasteiger partial charge < -0.3 is 0 Å². The van der Waals surface area contributed by atoms with Crippen molar-refractivity contribution in [3.63, 3.8) is 0 Å². The second-order valence-electron chi connectivity index (χ2n) is 5.75. The van der Waals surface area contributed by atoms with E-state index in [2.05, 4.69) is 6.92 Å². The van der Waals surface area contributed by atoms with Gasteiger partial charge in [-0.05, 0) is 55.3 Å². The van der Waals surface area contributed by atoms with Crippen molar-refractivity contribution in [2.75, 3.05) is 0 Å². The summed E-state index contributed by atoms with van der Waals surface area (Å²) in [5.41, 5.74) is 0.890. The maximum Gasteiger partial charge on any atom is -0.0238 e. The molecule has 0 aliphatic heterocycles. The van der Waals surface area contributed by atoms with Crippen molar-refractivity contribution >= 4 is 0 Å². The molecule has 0 aromatic carbocycles. The van der Waals surface area contributed by atoms with Gasteiger partial charge in [-0.3, -0.25) is 0 Å². The van der Waals surface area contributed by atoms with E-state index in [-0.39, 0.29) is 0 Å². The largest absolute Gasteiger partial charge is 0.0654 e. The number of rotatable bonds is 2. The lowest BCUT2D eigenvalue weighted by atomic mass is 9.72. The van der Waals surface area contributed by atoms with Crippen molar-refractivity contribution in [3.8, 4) is 0 Å². The van der Waals surface area contributed by atoms with Gasteiger partial charge >= 0.3 is 0 Å². The molecule has 3 aliphatic rings. The van der Waals surface area contributed by atoms with Gasteiger partial charge in [0.1, 0.15) is 0 Å². The van der Waals surface area contributed by atoms with Gasteiger partial charge in [-0.2, -0.15) is 0 Å². The normalized spacial score (nSPS) is 52.8. The van der Waals surface area contributed by atoms with E-state index in [1.165, 1.54) is 24.7 Å². The Morgan fingerprint density at radius 1 is 1.23 bits per heavy atom. The van der Waals surface area contributed by atoms with Crippen LogP contribution in [0.2, 0.25) is 0 Å². The van der Waals surface area contributed by atoms with Gasteiger partial charge in [-0.15, -0.1) is 0 Å². The minimum Gasteiger partial charge on any atom is -0.0654 e. The van der Waals surface area contributed by atoms with Crippen LogP contribution in [0, 0.1) is 23.2 Å². The number of hydrogen-bond donors (Lipinski definition) is 0. The summed E-state index contributed by atoms with van der Waals surface area (Å²) in [6.07, 6.45) is 12.5. The highest BCUT2D eigenvalue weighted by Gasteiger charge is 2.61. The fraction of sp³-hybridized carbons (Fsp3) is 1.00. The van der Waals surface area contributed by atoms with Crippen molar-refractivity contribution in [3.05, 3.63) is 0 Å². The third-order valence-electron chi connectivity index (χ3n) is 5.29. The summed E-state index contributed by atoms with van der Waals surface area (Å²) in [6, 6.07) is 0. The molecule has 3 rings (SSSR count). The molecule has 0 radical (unpaired) electrons. The fourth-order valence-electron chi connectivity index (χ4n) is 4.68. The molecular weight excluding hydrogens is 156 g/mol. The second kappa shape index (κ2) is 2.74. The summed E-state index contributed by atoms with van der Waals surface area (Å²) in [4.78, 5) is 0. The third-order valence-corrected chi connectivity index (χ3v) is 5.29. The standard InChI is InChI=1S/C13H22/c1-2-4-11-5-3-7-13(11)8-6-10-9-12(10)13/h10-12H,2-9H2,1H3/t10?,11?,12-,13?/m1/s1. The zero-order valence-electron chi connectivity index (χ0n) is 8.89. The molecule has 3 aliphatic carbocycles. The Balaban J connectivity index is 1.80. The SMILES string of the molecule is CCCC1CCCC12CCC1C[C@H]12. The average molecular weight is 178 g/mol. The van der Waals surface area contributed by atoms with Crippen LogP contribution in [0.1, 0.15) is 58.3 Å². The number of hydrogen-bond acceptors (Lipinski definition) is 0. The Kier molecular flexibility index (Phi) is 1.76. The van der Waals surface area contributed by atoms with Gasteiger partial charge in [0.25, 0.3) is 0 Å². The highest BCUT2D eigenvalue weighted by atomic mass is 14.7. The molecule has 3 saturated carbocycles. The Morgan fingerprint density at radius 3 is 2.77 bits per heavy atom. The smallest absolute Gasteiger partial charge is 0.0238 e. The average Bonchev–Trinajstić information content (AvgIpc) is 2.72. The monoisotopic (exact) mass is 178 g/mol. The number of fused-ring (bicyclic) bond motifs is 2. The lowest BCUT2D eigenvalue weighted by molar-refractivity contribution is 0.161. The fourth-order valence-corrected chi connectivity index (χ4v) is 4.68. The molecule has 0 nitrogen and oxygen atoms in total. The predicted octanol–water partition coefficient (Wildman–Crippen LogP) is 4.00. The summed E-state index contributed by atoms with van der Waals surface area (Å²) in [5.74, 6) is 3.53. The van der Waals surface area contributed by atoms with Crippen molar-refractivity contribution in [2.24, 2.45) is 23.2 Å². The molecule has 0 heterocycles. The van der Waals surface area contributed by atoms with Crippen molar-refractivity contribution in [1.82, 2.24) is 0 Å². The van der Waals surface area contributed by atoms with Gasteiger partial charge in [-0.25, -0.2) is 0 Å². The molecule has 4 atom stereocenters. The Bertz CT molecular complexity index is 204. The van der Waals surface area contributed by atoms with Gasteiger partial charge in [0, 0.05) is 0 Å². The van der Waals surface area contributed by atoms with Crippen LogP contribution in [0.15, 0.2) is 0 Å². The summed E-state index contributed by atoms with van der Waals surface area (Å²) >= 11 is 0. The van der Waals surface area contributed by atoms with Gasteiger partial charge in [0.15, 0.2) is 0 Å². The van der Waals surface area contributed by atoms with E-state index in [9.17, 15) is 0 Å². The van der Waals surface area contributed by atoms with Crippen molar-refractivity contribution in [2.45, 2.75) is 58.3 Å². The first kappa shape index (κ1) is 8.32. The van der Waals surface area contributed by atoms with Crippen LogP contribution in [-0.4, -0.2) is 0 Å². The molecule has 0 saturated heterocycles. The molecule has 0 aromatic heterocycles. The Hall–Kier alpha value is 0. The molecule has 13 heavy (non-hydrogen) atoms.